The number of anilines is 2. The van der Waals surface area contributed by atoms with E-state index < -0.39 is 0 Å². The maximum Gasteiger partial charge on any atom is 0.324 e. The molecule has 1 heterocycles. The zero-order chi connectivity index (χ0) is 21.0. The molecule has 6 nitrogen and oxygen atoms in total. The lowest BCUT2D eigenvalue weighted by atomic mass is 10.1. The molecule has 1 fully saturated rings. The van der Waals surface area contributed by atoms with Crippen LogP contribution in [0.15, 0.2) is 36.4 Å². The highest BCUT2D eigenvalue weighted by Crippen LogP contribution is 2.30. The second-order valence-electron chi connectivity index (χ2n) is 7.63. The van der Waals surface area contributed by atoms with Gasteiger partial charge in [0.15, 0.2) is 0 Å². The quantitative estimate of drug-likeness (QED) is 0.779. The Morgan fingerprint density at radius 2 is 1.83 bits per heavy atom. The van der Waals surface area contributed by atoms with E-state index in [1.165, 1.54) is 11.1 Å². The van der Waals surface area contributed by atoms with Gasteiger partial charge < -0.3 is 15.5 Å². The van der Waals surface area contributed by atoms with Crippen LogP contribution in [0.2, 0.25) is 0 Å². The molecule has 0 bridgehead atoms. The van der Waals surface area contributed by atoms with Crippen molar-refractivity contribution in [3.63, 3.8) is 0 Å². The highest BCUT2D eigenvalue weighted by atomic mass is 16.2. The lowest BCUT2D eigenvalue weighted by Gasteiger charge is -2.36. The third-order valence-electron chi connectivity index (χ3n) is 5.28. The average molecular weight is 395 g/mol. The molecule has 29 heavy (non-hydrogen) atoms. The van der Waals surface area contributed by atoms with Crippen LogP contribution in [0.1, 0.15) is 35.6 Å². The van der Waals surface area contributed by atoms with E-state index in [0.29, 0.717) is 25.3 Å². The molecule has 0 radical (unpaired) electrons. The van der Waals surface area contributed by atoms with Gasteiger partial charge in [-0.3, -0.25) is 4.90 Å². The first kappa shape index (κ1) is 20.7. The summed E-state index contributed by atoms with van der Waals surface area (Å²) in [6, 6.07) is 11.8. The van der Waals surface area contributed by atoms with E-state index >= 15 is 0 Å². The lowest BCUT2D eigenvalue weighted by Crippen LogP contribution is -2.49. The standard InChI is InChI=1S/C23H30N4O2/c1-5-24-22(28)25-20-13-16(2)7-10-21(20)27-12-6-11-26(23(27)29)15-19-9-8-17(3)18(4)14-19/h7-10,13-14H,5-6,11-12,15H2,1-4H3,(H2,24,25,28). The summed E-state index contributed by atoms with van der Waals surface area (Å²) < 4.78 is 0. The van der Waals surface area contributed by atoms with Gasteiger partial charge in [0.1, 0.15) is 0 Å². The summed E-state index contributed by atoms with van der Waals surface area (Å²) in [4.78, 5) is 29.0. The molecule has 0 atom stereocenters. The Kier molecular flexibility index (Phi) is 6.42. The molecule has 3 rings (SSSR count). The Morgan fingerprint density at radius 3 is 2.55 bits per heavy atom. The first-order valence-corrected chi connectivity index (χ1v) is 10.2. The van der Waals surface area contributed by atoms with E-state index in [1.54, 1.807) is 4.90 Å². The molecule has 0 spiro atoms. The van der Waals surface area contributed by atoms with E-state index in [0.717, 1.165) is 29.8 Å². The zero-order valence-electron chi connectivity index (χ0n) is 17.7. The number of aryl methyl sites for hydroxylation is 3. The normalized spacial score (nSPS) is 14.1. The third-order valence-corrected chi connectivity index (χ3v) is 5.28. The second-order valence-corrected chi connectivity index (χ2v) is 7.63. The number of hydrogen-bond donors (Lipinski definition) is 2. The Balaban J connectivity index is 1.82. The number of benzene rings is 2. The molecule has 154 valence electrons. The number of carbonyl (C=O) groups excluding carboxylic acids is 2. The van der Waals surface area contributed by atoms with E-state index in [4.69, 9.17) is 0 Å². The average Bonchev–Trinajstić information content (AvgIpc) is 2.67. The van der Waals surface area contributed by atoms with Crippen LogP contribution in [-0.4, -0.2) is 36.6 Å². The molecule has 6 heteroatoms. The molecule has 2 aromatic carbocycles. The highest BCUT2D eigenvalue weighted by molar-refractivity contribution is 6.00. The molecule has 0 aromatic heterocycles. The fourth-order valence-electron chi connectivity index (χ4n) is 3.59. The van der Waals surface area contributed by atoms with Crippen molar-refractivity contribution in [1.82, 2.24) is 10.2 Å². The first-order chi connectivity index (χ1) is 13.9. The molecule has 1 aliphatic heterocycles. The largest absolute Gasteiger partial charge is 0.338 e. The van der Waals surface area contributed by atoms with Crippen molar-refractivity contribution in [2.75, 3.05) is 29.9 Å². The number of nitrogens with zero attached hydrogens (tertiary/aromatic N) is 2. The van der Waals surface area contributed by atoms with Crippen molar-refractivity contribution in [2.24, 2.45) is 0 Å². The second kappa shape index (κ2) is 8.99. The Morgan fingerprint density at radius 1 is 1.03 bits per heavy atom. The summed E-state index contributed by atoms with van der Waals surface area (Å²) in [5, 5.41) is 5.63. The van der Waals surface area contributed by atoms with Crippen LogP contribution in [0.25, 0.3) is 0 Å². The minimum atomic E-state index is -0.268. The third kappa shape index (κ3) is 4.88. The van der Waals surface area contributed by atoms with Crippen LogP contribution in [0.5, 0.6) is 0 Å². The van der Waals surface area contributed by atoms with E-state index in [9.17, 15) is 9.59 Å². The number of rotatable bonds is 5. The summed E-state index contributed by atoms with van der Waals surface area (Å²) >= 11 is 0. The lowest BCUT2D eigenvalue weighted by molar-refractivity contribution is 0.192. The van der Waals surface area contributed by atoms with Crippen LogP contribution in [-0.2, 0) is 6.54 Å². The Labute approximate surface area is 172 Å². The van der Waals surface area contributed by atoms with Crippen molar-refractivity contribution in [2.45, 2.75) is 40.7 Å². The predicted octanol–water partition coefficient (Wildman–Crippen LogP) is 4.59. The summed E-state index contributed by atoms with van der Waals surface area (Å²) in [5.74, 6) is 0. The van der Waals surface area contributed by atoms with Gasteiger partial charge in [0.05, 0.1) is 11.4 Å². The van der Waals surface area contributed by atoms with Gasteiger partial charge in [0.2, 0.25) is 0 Å². The van der Waals surface area contributed by atoms with E-state index in [-0.39, 0.29) is 12.1 Å². The van der Waals surface area contributed by atoms with Gasteiger partial charge in [0, 0.05) is 26.2 Å². The van der Waals surface area contributed by atoms with Gasteiger partial charge in [-0.25, -0.2) is 9.59 Å². The SMILES string of the molecule is CCNC(=O)Nc1cc(C)ccc1N1CCCN(Cc2ccc(C)c(C)c2)C1=O. The number of urea groups is 2. The minimum Gasteiger partial charge on any atom is -0.338 e. The van der Waals surface area contributed by atoms with Crippen LogP contribution >= 0.6 is 0 Å². The molecular weight excluding hydrogens is 364 g/mol. The summed E-state index contributed by atoms with van der Waals surface area (Å²) in [5.41, 5.74) is 6.02. The fourth-order valence-corrected chi connectivity index (χ4v) is 3.59. The molecule has 2 aromatic rings. The molecule has 1 saturated heterocycles. The molecule has 0 aliphatic carbocycles. The first-order valence-electron chi connectivity index (χ1n) is 10.2. The van der Waals surface area contributed by atoms with Crippen LogP contribution in [0.3, 0.4) is 0 Å². The van der Waals surface area contributed by atoms with Gasteiger partial charge in [-0.2, -0.15) is 0 Å². The fraction of sp³-hybridized carbons (Fsp3) is 0.391. The topological polar surface area (TPSA) is 64.7 Å². The van der Waals surface area contributed by atoms with Gasteiger partial charge in [-0.05, 0) is 68.5 Å². The van der Waals surface area contributed by atoms with Gasteiger partial charge in [-0.1, -0.05) is 24.3 Å². The van der Waals surface area contributed by atoms with Crippen LogP contribution in [0.4, 0.5) is 21.0 Å². The highest BCUT2D eigenvalue weighted by Gasteiger charge is 2.28. The predicted molar refractivity (Wildman–Crippen MR) is 118 cm³/mol. The summed E-state index contributed by atoms with van der Waals surface area (Å²) in [6.07, 6.45) is 0.880. The van der Waals surface area contributed by atoms with E-state index in [2.05, 4.69) is 42.7 Å². The summed E-state index contributed by atoms with van der Waals surface area (Å²) in [7, 11) is 0. The van der Waals surface area contributed by atoms with E-state index in [1.807, 2.05) is 36.9 Å². The number of nitrogens with one attached hydrogen (secondary N) is 2. The minimum absolute atomic E-state index is 0.0303. The summed E-state index contributed by atoms with van der Waals surface area (Å²) in [6.45, 7) is 10.5. The van der Waals surface area contributed by atoms with Crippen molar-refractivity contribution >= 4 is 23.4 Å². The van der Waals surface area contributed by atoms with Gasteiger partial charge in [0.25, 0.3) is 0 Å². The Bertz CT molecular complexity index is 910. The number of hydrogen-bond acceptors (Lipinski definition) is 2. The number of amides is 4. The molecule has 0 saturated carbocycles. The maximum absolute atomic E-state index is 13.3. The maximum atomic E-state index is 13.3. The van der Waals surface area contributed by atoms with Gasteiger partial charge >= 0.3 is 12.1 Å². The molecule has 2 N–H and O–H groups in total. The van der Waals surface area contributed by atoms with Crippen molar-refractivity contribution in [3.05, 3.63) is 58.7 Å². The molecule has 1 aliphatic rings. The molecular formula is C23H30N4O2. The molecule has 4 amide bonds. The van der Waals surface area contributed by atoms with Crippen molar-refractivity contribution < 1.29 is 9.59 Å². The Hall–Kier alpha value is -3.02. The zero-order valence-corrected chi connectivity index (χ0v) is 17.7. The van der Waals surface area contributed by atoms with Crippen LogP contribution in [0, 0.1) is 20.8 Å². The molecule has 0 unspecified atom stereocenters. The van der Waals surface area contributed by atoms with Crippen molar-refractivity contribution in [1.29, 1.82) is 0 Å². The van der Waals surface area contributed by atoms with Crippen LogP contribution < -0.4 is 15.5 Å². The monoisotopic (exact) mass is 394 g/mol. The van der Waals surface area contributed by atoms with Gasteiger partial charge in [-0.15, -0.1) is 0 Å². The smallest absolute Gasteiger partial charge is 0.324 e. The van der Waals surface area contributed by atoms with Crippen molar-refractivity contribution in [3.8, 4) is 0 Å². The number of carbonyl (C=O) groups is 2.